The summed E-state index contributed by atoms with van der Waals surface area (Å²) in [5, 5.41) is 3.40. The Labute approximate surface area is 219 Å². The Morgan fingerprint density at radius 3 is 2.37 bits per heavy atom. The second-order valence-electron chi connectivity index (χ2n) is 7.23. The first-order chi connectivity index (χ1) is 16.4. The van der Waals surface area contributed by atoms with Crippen molar-refractivity contribution >= 4 is 61.5 Å². The Morgan fingerprint density at radius 1 is 1.06 bits per heavy atom. The molecule has 0 aliphatic rings. The van der Waals surface area contributed by atoms with Crippen molar-refractivity contribution in [1.29, 1.82) is 0 Å². The molecule has 6 nitrogen and oxygen atoms in total. The van der Waals surface area contributed by atoms with Crippen molar-refractivity contribution in [2.45, 2.75) is 18.0 Å². The molecule has 35 heavy (non-hydrogen) atoms. The summed E-state index contributed by atoms with van der Waals surface area (Å²) in [6, 6.07) is 17.0. The molecule has 0 aliphatic heterocycles. The van der Waals surface area contributed by atoms with Crippen molar-refractivity contribution in [3.05, 3.63) is 92.5 Å². The Hall–Kier alpha value is -2.64. The van der Waals surface area contributed by atoms with Crippen molar-refractivity contribution in [2.24, 2.45) is 5.10 Å². The highest BCUT2D eigenvalue weighted by atomic mass is 127. The van der Waals surface area contributed by atoms with E-state index in [1.807, 2.05) is 18.2 Å². The van der Waals surface area contributed by atoms with Gasteiger partial charge in [0.1, 0.15) is 6.54 Å². The molecule has 0 spiro atoms. The third-order valence-electron chi connectivity index (χ3n) is 4.75. The minimum absolute atomic E-state index is 0.199. The number of amides is 1. The number of sulfonamides is 1. The Morgan fingerprint density at radius 2 is 1.74 bits per heavy atom. The molecule has 0 aromatic heterocycles. The number of alkyl halides is 3. The summed E-state index contributed by atoms with van der Waals surface area (Å²) < 4.78 is 68.4. The maximum absolute atomic E-state index is 13.4. The maximum Gasteiger partial charge on any atom is 0.417 e. The number of hydrogen-bond donors (Lipinski definition) is 1. The van der Waals surface area contributed by atoms with Crippen LogP contribution in [0, 0.1) is 3.57 Å². The lowest BCUT2D eigenvalue weighted by molar-refractivity contribution is -0.137. The van der Waals surface area contributed by atoms with Crippen LogP contribution < -0.4 is 9.73 Å². The molecule has 0 saturated heterocycles. The lowest BCUT2D eigenvalue weighted by Gasteiger charge is -2.25. The number of carbonyl (C=O) groups excluding carboxylic acids is 1. The van der Waals surface area contributed by atoms with Crippen LogP contribution in [0.2, 0.25) is 5.02 Å². The van der Waals surface area contributed by atoms with Gasteiger partial charge in [0.2, 0.25) is 0 Å². The molecule has 0 saturated carbocycles. The molecule has 0 bridgehead atoms. The molecule has 0 fully saturated rings. The van der Waals surface area contributed by atoms with E-state index < -0.39 is 39.2 Å². The van der Waals surface area contributed by atoms with Crippen molar-refractivity contribution in [2.75, 3.05) is 10.8 Å². The number of anilines is 1. The molecule has 3 rings (SSSR count). The standard InChI is InChI=1S/C23H18ClF3IN3O3S/c1-15(16-6-5-7-17(28)12-16)29-30-22(32)14-31(35(33,34)19-8-3-2-4-9-19)18-10-11-21(24)20(13-18)23(25,26)27/h2-13H,14H2,1H3,(H,30,32)/b29-15-. The third-order valence-corrected chi connectivity index (χ3v) is 7.54. The van der Waals surface area contributed by atoms with Crippen LogP contribution in [0.25, 0.3) is 0 Å². The fourth-order valence-electron chi connectivity index (χ4n) is 3.01. The summed E-state index contributed by atoms with van der Waals surface area (Å²) in [5.74, 6) is -0.849. The zero-order valence-corrected chi connectivity index (χ0v) is 21.8. The van der Waals surface area contributed by atoms with Gasteiger partial charge in [0.05, 0.1) is 26.9 Å². The fraction of sp³-hybridized carbons (Fsp3) is 0.130. The van der Waals surface area contributed by atoms with Gasteiger partial charge >= 0.3 is 6.18 Å². The lowest BCUT2D eigenvalue weighted by atomic mass is 10.1. The van der Waals surface area contributed by atoms with Crippen LogP contribution in [-0.4, -0.2) is 26.6 Å². The Balaban J connectivity index is 1.97. The molecule has 3 aromatic carbocycles. The number of nitrogens with one attached hydrogen (secondary N) is 1. The zero-order chi connectivity index (χ0) is 25.8. The predicted octanol–water partition coefficient (Wildman–Crippen LogP) is 5.70. The monoisotopic (exact) mass is 635 g/mol. The van der Waals surface area contributed by atoms with Gasteiger partial charge in [0, 0.05) is 3.57 Å². The van der Waals surface area contributed by atoms with Gasteiger partial charge in [-0.25, -0.2) is 13.8 Å². The average molecular weight is 636 g/mol. The minimum atomic E-state index is -4.83. The van der Waals surface area contributed by atoms with Crippen molar-refractivity contribution in [1.82, 2.24) is 5.43 Å². The van der Waals surface area contributed by atoms with Crippen LogP contribution in [0.4, 0.5) is 18.9 Å². The largest absolute Gasteiger partial charge is 0.417 e. The first kappa shape index (κ1) is 27.0. The van der Waals surface area contributed by atoms with Crippen LogP contribution in [0.1, 0.15) is 18.1 Å². The number of hydrogen-bond acceptors (Lipinski definition) is 4. The normalized spacial score (nSPS) is 12.3. The van der Waals surface area contributed by atoms with Gasteiger partial charge in [0.25, 0.3) is 15.9 Å². The van der Waals surface area contributed by atoms with E-state index in [1.165, 1.54) is 24.3 Å². The number of halogens is 5. The number of carbonyl (C=O) groups is 1. The van der Waals surface area contributed by atoms with Crippen LogP contribution in [0.5, 0.6) is 0 Å². The third kappa shape index (κ3) is 6.73. The Bertz CT molecular complexity index is 1370. The van der Waals surface area contributed by atoms with Crippen molar-refractivity contribution in [3.8, 4) is 0 Å². The number of nitrogens with zero attached hydrogens (tertiary/aromatic N) is 2. The molecule has 1 amide bonds. The Kier molecular flexibility index (Phi) is 8.44. The minimum Gasteiger partial charge on any atom is -0.271 e. The summed E-state index contributed by atoms with van der Waals surface area (Å²) in [7, 11) is -4.41. The SMILES string of the molecule is C/C(=N/NC(=O)CN(c1ccc(Cl)c(C(F)(F)F)c1)S(=O)(=O)c1ccccc1)c1cccc(I)c1. The van der Waals surface area contributed by atoms with E-state index in [0.717, 1.165) is 21.3 Å². The van der Waals surface area contributed by atoms with E-state index in [1.54, 1.807) is 19.1 Å². The highest BCUT2D eigenvalue weighted by Crippen LogP contribution is 2.38. The summed E-state index contributed by atoms with van der Waals surface area (Å²) in [6.07, 6.45) is -4.83. The molecule has 0 heterocycles. The lowest BCUT2D eigenvalue weighted by Crippen LogP contribution is -2.40. The van der Waals surface area contributed by atoms with Crippen LogP contribution in [-0.2, 0) is 21.0 Å². The molecule has 0 unspecified atom stereocenters. The maximum atomic E-state index is 13.4. The molecule has 184 valence electrons. The van der Waals surface area contributed by atoms with E-state index in [2.05, 4.69) is 33.1 Å². The summed E-state index contributed by atoms with van der Waals surface area (Å²) in [5.41, 5.74) is 1.87. The van der Waals surface area contributed by atoms with E-state index in [9.17, 15) is 26.4 Å². The van der Waals surface area contributed by atoms with E-state index in [0.29, 0.717) is 16.1 Å². The van der Waals surface area contributed by atoms with Gasteiger partial charge in [-0.15, -0.1) is 0 Å². The quantitative estimate of drug-likeness (QED) is 0.206. The number of hydrazone groups is 1. The second kappa shape index (κ2) is 11.0. The molecule has 0 radical (unpaired) electrons. The van der Waals surface area contributed by atoms with Crippen molar-refractivity contribution in [3.63, 3.8) is 0 Å². The summed E-state index contributed by atoms with van der Waals surface area (Å²) in [4.78, 5) is 12.5. The molecule has 0 atom stereocenters. The topological polar surface area (TPSA) is 78.8 Å². The molecule has 0 aliphatic carbocycles. The summed E-state index contributed by atoms with van der Waals surface area (Å²) >= 11 is 7.81. The number of benzene rings is 3. The van der Waals surface area contributed by atoms with Crippen molar-refractivity contribution < 1.29 is 26.4 Å². The van der Waals surface area contributed by atoms with Crippen LogP contribution >= 0.6 is 34.2 Å². The predicted molar refractivity (Wildman–Crippen MR) is 137 cm³/mol. The number of rotatable bonds is 7. The fourth-order valence-corrected chi connectivity index (χ4v) is 5.21. The molecular weight excluding hydrogens is 618 g/mol. The van der Waals surface area contributed by atoms with Gasteiger partial charge in [0.15, 0.2) is 0 Å². The first-order valence-corrected chi connectivity index (χ1v) is 12.8. The van der Waals surface area contributed by atoms with Gasteiger partial charge in [-0.05, 0) is 77.5 Å². The zero-order valence-electron chi connectivity index (χ0n) is 18.1. The smallest absolute Gasteiger partial charge is 0.271 e. The highest BCUT2D eigenvalue weighted by Gasteiger charge is 2.35. The first-order valence-electron chi connectivity index (χ1n) is 9.93. The van der Waals surface area contributed by atoms with Gasteiger partial charge < -0.3 is 0 Å². The van der Waals surface area contributed by atoms with E-state index >= 15 is 0 Å². The molecule has 3 aromatic rings. The van der Waals surface area contributed by atoms with Crippen LogP contribution in [0.3, 0.4) is 0 Å². The van der Waals surface area contributed by atoms with Gasteiger partial charge in [-0.1, -0.05) is 41.9 Å². The van der Waals surface area contributed by atoms with E-state index in [4.69, 9.17) is 11.6 Å². The molecule has 1 N–H and O–H groups in total. The molecule has 12 heteroatoms. The van der Waals surface area contributed by atoms with Gasteiger partial charge in [-0.3, -0.25) is 9.10 Å². The average Bonchev–Trinajstić information content (AvgIpc) is 2.81. The highest BCUT2D eigenvalue weighted by molar-refractivity contribution is 14.1. The van der Waals surface area contributed by atoms with E-state index in [-0.39, 0.29) is 10.6 Å². The summed E-state index contributed by atoms with van der Waals surface area (Å²) in [6.45, 7) is 0.832. The van der Waals surface area contributed by atoms with Crippen LogP contribution in [0.15, 0.2) is 82.8 Å². The van der Waals surface area contributed by atoms with Gasteiger partial charge in [-0.2, -0.15) is 18.3 Å². The molecular formula is C23H18ClF3IN3O3S. The second-order valence-corrected chi connectivity index (χ2v) is 10.7.